The molecule has 0 radical (unpaired) electrons. The van der Waals surface area contributed by atoms with Crippen LogP contribution in [-0.2, 0) is 32.1 Å². The summed E-state index contributed by atoms with van der Waals surface area (Å²) < 4.78 is 0. The third-order valence-corrected chi connectivity index (χ3v) is 7.04. The fourth-order valence-electron chi connectivity index (χ4n) is 4.74. The zero-order chi connectivity index (χ0) is 25.4. The van der Waals surface area contributed by atoms with Crippen LogP contribution in [0, 0.1) is 0 Å². The lowest BCUT2D eigenvalue weighted by Gasteiger charge is -2.31. The Hall–Kier alpha value is -2.55. The molecule has 2 aliphatic rings. The molecule has 1 aromatic rings. The van der Waals surface area contributed by atoms with Crippen molar-refractivity contribution in [3.05, 3.63) is 35.4 Å². The molecular formula is C26H38N4O4S. The van der Waals surface area contributed by atoms with Gasteiger partial charge in [-0.05, 0) is 56.4 Å². The number of unbranched alkanes of at least 4 members (excludes halogenated alkanes) is 2. The van der Waals surface area contributed by atoms with Gasteiger partial charge >= 0.3 is 0 Å². The minimum absolute atomic E-state index is 0.0619. The summed E-state index contributed by atoms with van der Waals surface area (Å²) in [5.41, 5.74) is 1.72. The van der Waals surface area contributed by atoms with Gasteiger partial charge in [-0.25, -0.2) is 0 Å². The monoisotopic (exact) mass is 502 g/mol. The summed E-state index contributed by atoms with van der Waals surface area (Å²) in [7, 11) is 0. The van der Waals surface area contributed by atoms with E-state index in [1.807, 2.05) is 38.1 Å². The largest absolute Gasteiger partial charge is 0.350 e. The average molecular weight is 503 g/mol. The van der Waals surface area contributed by atoms with Crippen molar-refractivity contribution >= 4 is 36.3 Å². The van der Waals surface area contributed by atoms with Crippen LogP contribution in [-0.4, -0.2) is 70.4 Å². The second-order valence-electron chi connectivity index (χ2n) is 9.71. The number of fused-ring (bicyclic) bond motifs is 3. The molecule has 2 aliphatic heterocycles. The smallest absolute Gasteiger partial charge is 0.243 e. The maximum absolute atomic E-state index is 13.2. The molecule has 1 aromatic carbocycles. The van der Waals surface area contributed by atoms with Gasteiger partial charge in [0.1, 0.15) is 18.6 Å². The lowest BCUT2D eigenvalue weighted by Crippen LogP contribution is -2.54. The van der Waals surface area contributed by atoms with E-state index in [4.69, 9.17) is 0 Å². The molecule has 1 fully saturated rings. The van der Waals surface area contributed by atoms with Crippen molar-refractivity contribution in [3.63, 3.8) is 0 Å². The number of nitrogens with zero attached hydrogens (tertiary/aromatic N) is 2. The molecule has 3 rings (SSSR count). The van der Waals surface area contributed by atoms with Gasteiger partial charge in [0.2, 0.25) is 23.6 Å². The first kappa shape index (κ1) is 27.0. The molecule has 2 N–H and O–H groups in total. The van der Waals surface area contributed by atoms with Crippen LogP contribution in [0.1, 0.15) is 63.5 Å². The van der Waals surface area contributed by atoms with Crippen molar-refractivity contribution in [2.45, 2.75) is 83.5 Å². The molecule has 2 bridgehead atoms. The Labute approximate surface area is 213 Å². The van der Waals surface area contributed by atoms with E-state index in [1.165, 1.54) is 0 Å². The van der Waals surface area contributed by atoms with Crippen molar-refractivity contribution in [1.82, 2.24) is 20.4 Å². The SMILES string of the molecule is CC(C)N1CC(=O)N2CCC[C@@H]2C(=O)N[C@@H](CCCCCS)C(=O)NCc2cccc(c2)CC1=O. The van der Waals surface area contributed by atoms with Crippen molar-refractivity contribution < 1.29 is 19.2 Å². The van der Waals surface area contributed by atoms with E-state index in [-0.39, 0.29) is 42.6 Å². The van der Waals surface area contributed by atoms with Gasteiger partial charge in [0.05, 0.1) is 6.42 Å². The zero-order valence-electron chi connectivity index (χ0n) is 20.8. The van der Waals surface area contributed by atoms with Crippen molar-refractivity contribution in [2.24, 2.45) is 0 Å². The first-order valence-electron chi connectivity index (χ1n) is 12.7. The van der Waals surface area contributed by atoms with Crippen molar-refractivity contribution in [1.29, 1.82) is 0 Å². The highest BCUT2D eigenvalue weighted by molar-refractivity contribution is 7.80. The Balaban J connectivity index is 1.87. The van der Waals surface area contributed by atoms with E-state index >= 15 is 0 Å². The first-order valence-corrected chi connectivity index (χ1v) is 13.3. The maximum Gasteiger partial charge on any atom is 0.243 e. The van der Waals surface area contributed by atoms with Gasteiger partial charge in [0.15, 0.2) is 0 Å². The van der Waals surface area contributed by atoms with Crippen LogP contribution < -0.4 is 10.6 Å². The second-order valence-corrected chi connectivity index (χ2v) is 10.2. The number of rotatable bonds is 6. The van der Waals surface area contributed by atoms with Crippen LogP contribution in [0.2, 0.25) is 0 Å². The molecule has 4 amide bonds. The number of hydrogen-bond acceptors (Lipinski definition) is 5. The summed E-state index contributed by atoms with van der Waals surface area (Å²) >= 11 is 4.25. The highest BCUT2D eigenvalue weighted by Gasteiger charge is 2.37. The predicted molar refractivity (Wildman–Crippen MR) is 138 cm³/mol. The van der Waals surface area contributed by atoms with Gasteiger partial charge in [0.25, 0.3) is 0 Å². The maximum atomic E-state index is 13.2. The minimum Gasteiger partial charge on any atom is -0.350 e. The third kappa shape index (κ3) is 7.46. The lowest BCUT2D eigenvalue weighted by atomic mass is 10.0. The van der Waals surface area contributed by atoms with Crippen LogP contribution in [0.25, 0.3) is 0 Å². The van der Waals surface area contributed by atoms with Crippen LogP contribution in [0.15, 0.2) is 24.3 Å². The average Bonchev–Trinajstić information content (AvgIpc) is 3.32. The topological polar surface area (TPSA) is 98.8 Å². The Morgan fingerprint density at radius 2 is 1.80 bits per heavy atom. The molecule has 2 atom stereocenters. The molecule has 2 heterocycles. The summed E-state index contributed by atoms with van der Waals surface area (Å²) in [6, 6.07) is 6.12. The first-order chi connectivity index (χ1) is 16.8. The Kier molecular flexibility index (Phi) is 10.0. The van der Waals surface area contributed by atoms with Crippen LogP contribution >= 0.6 is 12.6 Å². The molecule has 8 nitrogen and oxygen atoms in total. The highest BCUT2D eigenvalue weighted by Crippen LogP contribution is 2.20. The molecule has 0 saturated carbocycles. The van der Waals surface area contributed by atoms with Gasteiger partial charge in [-0.15, -0.1) is 0 Å². The van der Waals surface area contributed by atoms with E-state index in [0.29, 0.717) is 32.4 Å². The molecule has 192 valence electrons. The third-order valence-electron chi connectivity index (χ3n) is 6.72. The zero-order valence-corrected chi connectivity index (χ0v) is 21.7. The molecule has 1 saturated heterocycles. The summed E-state index contributed by atoms with van der Waals surface area (Å²) in [4.78, 5) is 55.8. The van der Waals surface area contributed by atoms with Gasteiger partial charge in [-0.1, -0.05) is 37.1 Å². The summed E-state index contributed by atoms with van der Waals surface area (Å²) in [5, 5.41) is 5.87. The fraction of sp³-hybridized carbons (Fsp3) is 0.615. The second kappa shape index (κ2) is 13.0. The number of carbonyl (C=O) groups excluding carboxylic acids is 4. The summed E-state index contributed by atoms with van der Waals surface area (Å²) in [6.07, 6.45) is 4.64. The number of nitrogens with one attached hydrogen (secondary N) is 2. The van der Waals surface area contributed by atoms with Gasteiger partial charge in [-0.2, -0.15) is 12.6 Å². The molecule has 0 spiro atoms. The molecule has 0 unspecified atom stereocenters. The number of carbonyl (C=O) groups is 4. The summed E-state index contributed by atoms with van der Waals surface area (Å²) in [6.45, 7) is 4.50. The van der Waals surface area contributed by atoms with E-state index in [9.17, 15) is 19.2 Å². The van der Waals surface area contributed by atoms with Gasteiger partial charge in [0, 0.05) is 19.1 Å². The molecular weight excluding hydrogens is 464 g/mol. The number of thiol groups is 1. The summed E-state index contributed by atoms with van der Waals surface area (Å²) in [5.74, 6) is -0.126. The van der Waals surface area contributed by atoms with E-state index in [0.717, 1.165) is 36.1 Å². The van der Waals surface area contributed by atoms with Gasteiger partial charge < -0.3 is 20.4 Å². The van der Waals surface area contributed by atoms with E-state index < -0.39 is 12.1 Å². The van der Waals surface area contributed by atoms with E-state index in [1.54, 1.807) is 9.80 Å². The highest BCUT2D eigenvalue weighted by atomic mass is 32.1. The number of amides is 4. The van der Waals surface area contributed by atoms with Crippen molar-refractivity contribution in [2.75, 3.05) is 18.8 Å². The fourth-order valence-corrected chi connectivity index (χ4v) is 4.97. The predicted octanol–water partition coefficient (Wildman–Crippen LogP) is 2.06. The molecule has 35 heavy (non-hydrogen) atoms. The molecule has 0 aromatic heterocycles. The normalized spacial score (nSPS) is 22.3. The molecule has 0 aliphatic carbocycles. The van der Waals surface area contributed by atoms with Crippen LogP contribution in [0.5, 0.6) is 0 Å². The minimum atomic E-state index is -0.662. The van der Waals surface area contributed by atoms with Crippen LogP contribution in [0.3, 0.4) is 0 Å². The Morgan fingerprint density at radius 1 is 1.03 bits per heavy atom. The van der Waals surface area contributed by atoms with E-state index in [2.05, 4.69) is 23.3 Å². The lowest BCUT2D eigenvalue weighted by molar-refractivity contribution is -0.144. The quantitative estimate of drug-likeness (QED) is 0.410. The Morgan fingerprint density at radius 3 is 2.54 bits per heavy atom. The number of benzene rings is 1. The standard InChI is InChI=1S/C26H38N4O4S/c1-18(2)30-17-24(32)29-12-7-11-22(29)26(34)28-21(10-4-3-5-13-35)25(33)27-16-20-9-6-8-19(14-20)15-23(30)31/h6,8-9,14,18,21-22,35H,3-5,7,10-13,15-17H2,1-2H3,(H,27,33)(H,28,34)/t21-,22+/m0/s1. The van der Waals surface area contributed by atoms with Gasteiger partial charge in [-0.3, -0.25) is 19.2 Å². The van der Waals surface area contributed by atoms with Crippen LogP contribution in [0.4, 0.5) is 0 Å². The Bertz CT molecular complexity index is 922. The number of hydrogen-bond donors (Lipinski definition) is 3. The van der Waals surface area contributed by atoms with Crippen molar-refractivity contribution in [3.8, 4) is 0 Å². The molecule has 9 heteroatoms.